The molecule has 2 aromatic rings. The van der Waals surface area contributed by atoms with Gasteiger partial charge in [0.2, 0.25) is 0 Å². The molecule has 3 rings (SSSR count). The smallest absolute Gasteiger partial charge is 0.163 e. The SMILES string of the molecule is C=NC(C)c1ccccc1OC.CC/C=C(\C)C=O.Nc1ccc2c(c1)OCCO2. The van der Waals surface area contributed by atoms with Crippen molar-refractivity contribution in [1.29, 1.82) is 0 Å². The maximum absolute atomic E-state index is 9.83. The van der Waals surface area contributed by atoms with E-state index in [1.807, 2.05) is 50.3 Å². The average molecular weight is 413 g/mol. The zero-order chi connectivity index (χ0) is 22.4. The van der Waals surface area contributed by atoms with Crippen molar-refractivity contribution in [2.75, 3.05) is 26.1 Å². The van der Waals surface area contributed by atoms with Gasteiger partial charge in [0.15, 0.2) is 11.5 Å². The number of benzene rings is 2. The van der Waals surface area contributed by atoms with E-state index in [0.29, 0.717) is 18.9 Å². The molecule has 6 nitrogen and oxygen atoms in total. The Morgan fingerprint density at radius 2 is 1.90 bits per heavy atom. The highest BCUT2D eigenvalue weighted by Gasteiger charge is 2.10. The zero-order valence-electron chi connectivity index (χ0n) is 18.3. The van der Waals surface area contributed by atoms with Gasteiger partial charge in [-0.15, -0.1) is 0 Å². The summed E-state index contributed by atoms with van der Waals surface area (Å²) in [6, 6.07) is 13.3. The van der Waals surface area contributed by atoms with Crippen LogP contribution >= 0.6 is 0 Å². The molecule has 162 valence electrons. The fourth-order valence-electron chi connectivity index (χ4n) is 2.54. The number of anilines is 1. The van der Waals surface area contributed by atoms with Crippen molar-refractivity contribution in [1.82, 2.24) is 0 Å². The van der Waals surface area contributed by atoms with Crippen molar-refractivity contribution in [3.63, 3.8) is 0 Å². The van der Waals surface area contributed by atoms with E-state index in [1.165, 1.54) is 0 Å². The Hall–Kier alpha value is -3.28. The van der Waals surface area contributed by atoms with Gasteiger partial charge in [-0.05, 0) is 50.8 Å². The second-order valence-electron chi connectivity index (χ2n) is 6.48. The second-order valence-corrected chi connectivity index (χ2v) is 6.48. The molecule has 1 unspecified atom stereocenters. The van der Waals surface area contributed by atoms with Crippen LogP contribution in [-0.2, 0) is 4.79 Å². The first-order chi connectivity index (χ1) is 14.5. The number of nitrogens with two attached hydrogens (primary N) is 1. The Kier molecular flexibility index (Phi) is 11.4. The Morgan fingerprint density at radius 1 is 1.23 bits per heavy atom. The topological polar surface area (TPSA) is 83.1 Å². The number of hydrogen-bond acceptors (Lipinski definition) is 6. The van der Waals surface area contributed by atoms with Gasteiger partial charge in [0, 0.05) is 17.3 Å². The van der Waals surface area contributed by atoms with Crippen molar-refractivity contribution in [3.8, 4) is 17.2 Å². The number of rotatable bonds is 5. The summed E-state index contributed by atoms with van der Waals surface area (Å²) in [5.41, 5.74) is 8.15. The molecule has 30 heavy (non-hydrogen) atoms. The highest BCUT2D eigenvalue weighted by molar-refractivity contribution is 5.71. The summed E-state index contributed by atoms with van der Waals surface area (Å²) in [6.45, 7) is 10.5. The van der Waals surface area contributed by atoms with E-state index < -0.39 is 0 Å². The molecule has 0 aromatic heterocycles. The molecule has 0 saturated carbocycles. The van der Waals surface area contributed by atoms with Gasteiger partial charge < -0.3 is 19.9 Å². The van der Waals surface area contributed by atoms with E-state index in [1.54, 1.807) is 26.2 Å². The molecular formula is C24H32N2O4. The average Bonchev–Trinajstić information content (AvgIpc) is 2.79. The summed E-state index contributed by atoms with van der Waals surface area (Å²) in [5.74, 6) is 2.40. The molecule has 1 atom stereocenters. The predicted octanol–water partition coefficient (Wildman–Crippen LogP) is 5.04. The lowest BCUT2D eigenvalue weighted by Gasteiger charge is -2.17. The normalized spacial score (nSPS) is 12.9. The third-order valence-electron chi connectivity index (χ3n) is 4.14. The van der Waals surface area contributed by atoms with Crippen molar-refractivity contribution in [2.24, 2.45) is 4.99 Å². The van der Waals surface area contributed by atoms with Crippen LogP contribution < -0.4 is 19.9 Å². The van der Waals surface area contributed by atoms with E-state index in [9.17, 15) is 4.79 Å². The molecule has 0 bridgehead atoms. The molecule has 6 heteroatoms. The molecule has 0 amide bonds. The van der Waals surface area contributed by atoms with Gasteiger partial charge in [-0.2, -0.15) is 0 Å². The fourth-order valence-corrected chi connectivity index (χ4v) is 2.54. The largest absolute Gasteiger partial charge is 0.496 e. The van der Waals surface area contributed by atoms with Crippen LogP contribution in [0.15, 0.2) is 59.1 Å². The number of hydrogen-bond donors (Lipinski definition) is 1. The van der Waals surface area contributed by atoms with Crippen molar-refractivity contribution < 1.29 is 19.0 Å². The Balaban J connectivity index is 0.000000234. The van der Waals surface area contributed by atoms with Crippen LogP contribution in [0.25, 0.3) is 0 Å². The van der Waals surface area contributed by atoms with Gasteiger partial charge in [0.05, 0.1) is 13.2 Å². The van der Waals surface area contributed by atoms with Gasteiger partial charge >= 0.3 is 0 Å². The van der Waals surface area contributed by atoms with Crippen molar-refractivity contribution in [2.45, 2.75) is 33.2 Å². The summed E-state index contributed by atoms with van der Waals surface area (Å²) < 4.78 is 15.8. The van der Waals surface area contributed by atoms with Crippen LogP contribution in [0.1, 0.15) is 38.8 Å². The summed E-state index contributed by atoms with van der Waals surface area (Å²) in [6.07, 6.45) is 3.71. The monoisotopic (exact) mass is 412 g/mol. The second kappa shape index (κ2) is 13.8. The first kappa shape index (κ1) is 24.8. The molecule has 1 aliphatic rings. The molecule has 2 aromatic carbocycles. The molecule has 2 N–H and O–H groups in total. The number of para-hydroxylation sites is 1. The number of aldehydes is 1. The number of ether oxygens (including phenoxy) is 3. The van der Waals surface area contributed by atoms with E-state index in [-0.39, 0.29) is 6.04 Å². The van der Waals surface area contributed by atoms with Gasteiger partial charge in [0.1, 0.15) is 25.2 Å². The van der Waals surface area contributed by atoms with Gasteiger partial charge in [-0.3, -0.25) is 9.79 Å². The summed E-state index contributed by atoms with van der Waals surface area (Å²) in [7, 11) is 1.66. The minimum atomic E-state index is 0.0983. The predicted molar refractivity (Wildman–Crippen MR) is 123 cm³/mol. The zero-order valence-corrected chi connectivity index (χ0v) is 18.3. The Bertz CT molecular complexity index is 834. The van der Waals surface area contributed by atoms with E-state index in [4.69, 9.17) is 19.9 Å². The fraction of sp³-hybridized carbons (Fsp3) is 0.333. The first-order valence-electron chi connectivity index (χ1n) is 9.82. The van der Waals surface area contributed by atoms with Crippen LogP contribution in [0.4, 0.5) is 5.69 Å². The number of nitrogens with zero attached hydrogens (tertiary/aromatic N) is 1. The highest BCUT2D eigenvalue weighted by atomic mass is 16.6. The lowest BCUT2D eigenvalue weighted by molar-refractivity contribution is -0.104. The first-order valence-corrected chi connectivity index (χ1v) is 9.82. The standard InChI is InChI=1S/C10H13NO.C8H9NO2.C6H10O/c1-8(11-2)9-6-4-5-7-10(9)12-3;9-6-1-2-7-8(5-6)11-4-3-10-7;1-3-4-6(2)5-7/h4-8H,2H2,1,3H3;1-2,5H,3-4,9H2;4-5H,3H2,1-2H3/b;;6-4+. The number of aliphatic imine (C=N–C) groups is 1. The third-order valence-corrected chi connectivity index (χ3v) is 4.14. The number of methoxy groups -OCH3 is 1. The van der Waals surface area contributed by atoms with Gasteiger partial charge in [-0.1, -0.05) is 31.2 Å². The quantitative estimate of drug-likeness (QED) is 0.322. The molecule has 1 heterocycles. The van der Waals surface area contributed by atoms with Gasteiger partial charge in [0.25, 0.3) is 0 Å². The molecular weight excluding hydrogens is 380 g/mol. The number of carbonyl (C=O) groups excluding carboxylic acids is 1. The molecule has 0 radical (unpaired) electrons. The van der Waals surface area contributed by atoms with Crippen LogP contribution in [0.2, 0.25) is 0 Å². The van der Waals surface area contributed by atoms with Crippen molar-refractivity contribution >= 4 is 18.7 Å². The molecule has 0 fully saturated rings. The number of nitrogen functional groups attached to an aromatic ring is 1. The summed E-state index contributed by atoms with van der Waals surface area (Å²) in [5, 5.41) is 0. The lowest BCUT2D eigenvalue weighted by atomic mass is 10.1. The maximum Gasteiger partial charge on any atom is 0.163 e. The minimum absolute atomic E-state index is 0.0983. The Morgan fingerprint density at radius 3 is 2.47 bits per heavy atom. The minimum Gasteiger partial charge on any atom is -0.496 e. The maximum atomic E-state index is 9.83. The molecule has 0 spiro atoms. The molecule has 1 aliphatic heterocycles. The van der Waals surface area contributed by atoms with Gasteiger partial charge in [-0.25, -0.2) is 0 Å². The van der Waals surface area contributed by atoms with Crippen molar-refractivity contribution in [3.05, 3.63) is 59.7 Å². The van der Waals surface area contributed by atoms with Crippen LogP contribution in [0, 0.1) is 0 Å². The van der Waals surface area contributed by atoms with Crippen LogP contribution in [-0.4, -0.2) is 33.3 Å². The summed E-state index contributed by atoms with van der Waals surface area (Å²) >= 11 is 0. The van der Waals surface area contributed by atoms with E-state index in [0.717, 1.165) is 41.1 Å². The van der Waals surface area contributed by atoms with E-state index in [2.05, 4.69) is 11.7 Å². The lowest BCUT2D eigenvalue weighted by Crippen LogP contribution is -2.15. The highest BCUT2D eigenvalue weighted by Crippen LogP contribution is 2.31. The van der Waals surface area contributed by atoms with Crippen LogP contribution in [0.3, 0.4) is 0 Å². The van der Waals surface area contributed by atoms with E-state index >= 15 is 0 Å². The Labute approximate surface area is 179 Å². The number of fused-ring (bicyclic) bond motifs is 1. The molecule has 0 aliphatic carbocycles. The third kappa shape index (κ3) is 8.39. The summed E-state index contributed by atoms with van der Waals surface area (Å²) in [4.78, 5) is 13.8. The molecule has 0 saturated heterocycles. The number of carbonyl (C=O) groups is 1. The number of allylic oxidation sites excluding steroid dienone is 2. The van der Waals surface area contributed by atoms with Crippen LogP contribution in [0.5, 0.6) is 17.2 Å².